The lowest BCUT2D eigenvalue weighted by Crippen LogP contribution is -2.44. The summed E-state index contributed by atoms with van der Waals surface area (Å²) in [5, 5.41) is 10.8. The standard InChI is InChI=1S/C21H33N3O6SSi/c1-21(2,3)32(4,5)30-18-10-17(13-31-14-19(22)25)23(11-18)20(26)29-12-15-6-8-16(9-7-15)24(27)28/h6-9,17-18H,10-14H2,1-5H3,(H2,22,25). The van der Waals surface area contributed by atoms with Crippen molar-refractivity contribution in [1.82, 2.24) is 4.90 Å². The van der Waals surface area contributed by atoms with Crippen LogP contribution in [-0.2, 0) is 20.6 Å². The normalized spacial score (nSPS) is 19.1. The number of hydrogen-bond acceptors (Lipinski definition) is 7. The third-order valence-corrected chi connectivity index (χ3v) is 11.6. The van der Waals surface area contributed by atoms with Crippen molar-refractivity contribution in [2.75, 3.05) is 18.1 Å². The first kappa shape index (κ1) is 26.1. The molecule has 1 saturated heterocycles. The van der Waals surface area contributed by atoms with E-state index >= 15 is 0 Å². The third kappa shape index (κ3) is 7.21. The minimum atomic E-state index is -2.01. The van der Waals surface area contributed by atoms with Gasteiger partial charge in [-0.05, 0) is 42.2 Å². The lowest BCUT2D eigenvalue weighted by molar-refractivity contribution is -0.384. The molecular weight excluding hydrogens is 450 g/mol. The highest BCUT2D eigenvalue weighted by molar-refractivity contribution is 8.00. The monoisotopic (exact) mass is 483 g/mol. The summed E-state index contributed by atoms with van der Waals surface area (Å²) in [5.41, 5.74) is 5.89. The Morgan fingerprint density at radius 3 is 2.44 bits per heavy atom. The summed E-state index contributed by atoms with van der Waals surface area (Å²) in [6.45, 7) is 11.3. The number of ether oxygens (including phenoxy) is 1. The van der Waals surface area contributed by atoms with Crippen molar-refractivity contribution in [2.45, 2.75) is 64.1 Å². The summed E-state index contributed by atoms with van der Waals surface area (Å²) in [7, 11) is -2.01. The highest BCUT2D eigenvalue weighted by atomic mass is 32.2. The number of rotatable bonds is 9. The lowest BCUT2D eigenvalue weighted by Gasteiger charge is -2.38. The van der Waals surface area contributed by atoms with Crippen LogP contribution in [0.2, 0.25) is 18.1 Å². The average molecular weight is 484 g/mol. The van der Waals surface area contributed by atoms with Crippen LogP contribution in [0.15, 0.2) is 24.3 Å². The zero-order valence-electron chi connectivity index (χ0n) is 19.3. The summed E-state index contributed by atoms with van der Waals surface area (Å²) < 4.78 is 12.0. The van der Waals surface area contributed by atoms with E-state index in [9.17, 15) is 19.7 Å². The van der Waals surface area contributed by atoms with E-state index in [0.717, 1.165) is 0 Å². The molecule has 2 atom stereocenters. The summed E-state index contributed by atoms with van der Waals surface area (Å²) in [6, 6.07) is 5.77. The first-order chi connectivity index (χ1) is 14.8. The molecule has 1 fully saturated rings. The van der Waals surface area contributed by atoms with Gasteiger partial charge in [0.2, 0.25) is 5.91 Å². The Bertz CT molecular complexity index is 828. The Kier molecular flexibility index (Phi) is 8.72. The van der Waals surface area contributed by atoms with Crippen LogP contribution in [0, 0.1) is 10.1 Å². The number of nitro groups is 1. The van der Waals surface area contributed by atoms with Crippen molar-refractivity contribution >= 4 is 37.8 Å². The molecule has 0 spiro atoms. The molecule has 11 heteroatoms. The number of likely N-dealkylation sites (tertiary alicyclic amines) is 1. The molecule has 0 radical (unpaired) electrons. The van der Waals surface area contributed by atoms with Crippen molar-refractivity contribution in [1.29, 1.82) is 0 Å². The summed E-state index contributed by atoms with van der Waals surface area (Å²) in [4.78, 5) is 35.9. The van der Waals surface area contributed by atoms with Gasteiger partial charge in [-0.3, -0.25) is 14.9 Å². The average Bonchev–Trinajstić information content (AvgIpc) is 3.07. The number of primary amides is 1. The molecule has 0 aromatic heterocycles. The Balaban J connectivity index is 2.03. The third-order valence-electron chi connectivity index (χ3n) is 5.94. The minimum absolute atomic E-state index is 0.0161. The molecule has 0 aliphatic carbocycles. The van der Waals surface area contributed by atoms with Crippen molar-refractivity contribution in [3.05, 3.63) is 39.9 Å². The van der Waals surface area contributed by atoms with E-state index in [1.54, 1.807) is 17.0 Å². The van der Waals surface area contributed by atoms with Gasteiger partial charge in [-0.1, -0.05) is 20.8 Å². The van der Waals surface area contributed by atoms with E-state index in [-0.39, 0.29) is 35.2 Å². The van der Waals surface area contributed by atoms with Crippen LogP contribution in [0.3, 0.4) is 0 Å². The number of nitrogens with two attached hydrogens (primary N) is 1. The van der Waals surface area contributed by atoms with Crippen molar-refractivity contribution in [3.8, 4) is 0 Å². The van der Waals surface area contributed by atoms with Crippen LogP contribution in [0.4, 0.5) is 10.5 Å². The van der Waals surface area contributed by atoms with Crippen LogP contribution in [0.25, 0.3) is 0 Å². The van der Waals surface area contributed by atoms with Gasteiger partial charge in [0.15, 0.2) is 8.32 Å². The van der Waals surface area contributed by atoms with Gasteiger partial charge in [-0.15, -0.1) is 11.8 Å². The second kappa shape index (κ2) is 10.7. The van der Waals surface area contributed by atoms with E-state index in [1.807, 2.05) is 0 Å². The van der Waals surface area contributed by atoms with Gasteiger partial charge in [-0.25, -0.2) is 4.79 Å². The number of benzene rings is 1. The number of amides is 2. The topological polar surface area (TPSA) is 125 Å². The quantitative estimate of drug-likeness (QED) is 0.321. The molecule has 32 heavy (non-hydrogen) atoms. The largest absolute Gasteiger partial charge is 0.445 e. The fourth-order valence-electron chi connectivity index (χ4n) is 3.17. The Labute approximate surface area is 194 Å². The summed E-state index contributed by atoms with van der Waals surface area (Å²) in [5.74, 6) is 0.359. The second-order valence-electron chi connectivity index (χ2n) is 9.50. The molecule has 0 bridgehead atoms. The van der Waals surface area contributed by atoms with E-state index in [4.69, 9.17) is 14.9 Å². The molecular formula is C21H33N3O6SSi. The number of nitro benzene ring substituents is 1. The molecule has 9 nitrogen and oxygen atoms in total. The van der Waals surface area contributed by atoms with Crippen LogP contribution >= 0.6 is 11.8 Å². The van der Waals surface area contributed by atoms with Crippen LogP contribution in [0.1, 0.15) is 32.8 Å². The molecule has 178 valence electrons. The molecule has 2 N–H and O–H groups in total. The molecule has 2 amide bonds. The van der Waals surface area contributed by atoms with Crippen LogP contribution in [0.5, 0.6) is 0 Å². The van der Waals surface area contributed by atoms with Crippen molar-refractivity contribution in [2.24, 2.45) is 5.73 Å². The van der Waals surface area contributed by atoms with E-state index < -0.39 is 25.2 Å². The summed E-state index contributed by atoms with van der Waals surface area (Å²) in [6.07, 6.45) is 0.113. The number of thioether (sulfide) groups is 1. The van der Waals surface area contributed by atoms with Gasteiger partial charge in [0.05, 0.1) is 16.8 Å². The predicted molar refractivity (Wildman–Crippen MR) is 127 cm³/mol. The maximum Gasteiger partial charge on any atom is 0.410 e. The first-order valence-electron chi connectivity index (χ1n) is 10.5. The molecule has 2 rings (SSSR count). The first-order valence-corrected chi connectivity index (χ1v) is 14.6. The van der Waals surface area contributed by atoms with E-state index in [1.165, 1.54) is 23.9 Å². The maximum absolute atomic E-state index is 12.9. The van der Waals surface area contributed by atoms with Gasteiger partial charge < -0.3 is 19.8 Å². The van der Waals surface area contributed by atoms with Gasteiger partial charge in [0.1, 0.15) is 6.61 Å². The number of carbonyl (C=O) groups excluding carboxylic acids is 2. The van der Waals surface area contributed by atoms with Crippen molar-refractivity contribution < 1.29 is 23.7 Å². The van der Waals surface area contributed by atoms with Crippen LogP contribution < -0.4 is 5.73 Å². The zero-order chi connectivity index (χ0) is 24.1. The SMILES string of the molecule is CC(C)(C)[Si](C)(C)OC1CC(CSCC(N)=O)N(C(=O)OCc2ccc([N+](=O)[O-])cc2)C1. The maximum atomic E-state index is 12.9. The second-order valence-corrected chi connectivity index (χ2v) is 15.3. The van der Waals surface area contributed by atoms with E-state index in [0.29, 0.717) is 24.3 Å². The molecule has 1 aromatic carbocycles. The van der Waals surface area contributed by atoms with Crippen molar-refractivity contribution in [3.63, 3.8) is 0 Å². The highest BCUT2D eigenvalue weighted by Gasteiger charge is 2.44. The lowest BCUT2D eigenvalue weighted by atomic mass is 10.2. The van der Waals surface area contributed by atoms with Gasteiger partial charge in [0.25, 0.3) is 5.69 Å². The number of nitrogens with zero attached hydrogens (tertiary/aromatic N) is 2. The Hall–Kier alpha value is -2.11. The summed E-state index contributed by atoms with van der Waals surface area (Å²) >= 11 is 1.39. The van der Waals surface area contributed by atoms with Gasteiger partial charge in [-0.2, -0.15) is 0 Å². The molecule has 2 unspecified atom stereocenters. The molecule has 0 saturated carbocycles. The van der Waals surface area contributed by atoms with Crippen LogP contribution in [-0.4, -0.2) is 60.3 Å². The number of hydrogen-bond donors (Lipinski definition) is 1. The fraction of sp³-hybridized carbons (Fsp3) is 0.619. The number of carbonyl (C=O) groups is 2. The van der Waals surface area contributed by atoms with Gasteiger partial charge >= 0.3 is 6.09 Å². The van der Waals surface area contributed by atoms with E-state index in [2.05, 4.69) is 33.9 Å². The predicted octanol–water partition coefficient (Wildman–Crippen LogP) is 3.91. The smallest absolute Gasteiger partial charge is 0.410 e. The molecule has 1 aromatic rings. The highest BCUT2D eigenvalue weighted by Crippen LogP contribution is 2.39. The zero-order valence-corrected chi connectivity index (χ0v) is 21.1. The minimum Gasteiger partial charge on any atom is -0.445 e. The molecule has 1 heterocycles. The molecule has 1 aliphatic heterocycles. The number of non-ortho nitro benzene ring substituents is 1. The Morgan fingerprint density at radius 1 is 1.28 bits per heavy atom. The molecule has 1 aliphatic rings. The fourth-order valence-corrected chi connectivity index (χ4v) is 5.44. The van der Waals surface area contributed by atoms with Gasteiger partial charge in [0, 0.05) is 30.5 Å². The Morgan fingerprint density at radius 2 is 1.91 bits per heavy atom.